The van der Waals surface area contributed by atoms with Crippen LogP contribution < -0.4 is 0 Å². The highest BCUT2D eigenvalue weighted by molar-refractivity contribution is 6.33. The van der Waals surface area contributed by atoms with E-state index < -0.39 is 0 Å². The summed E-state index contributed by atoms with van der Waals surface area (Å²) >= 11 is 5.89. The molecule has 0 aliphatic carbocycles. The van der Waals surface area contributed by atoms with Gasteiger partial charge in [-0.3, -0.25) is 0 Å². The third-order valence-corrected chi connectivity index (χ3v) is 2.80. The molecule has 0 saturated heterocycles. The minimum absolute atomic E-state index is 0.272. The molecule has 71 valence electrons. The molecule has 1 radical (unpaired) electrons. The van der Waals surface area contributed by atoms with Gasteiger partial charge in [-0.05, 0) is 17.3 Å². The van der Waals surface area contributed by atoms with E-state index in [1.807, 2.05) is 0 Å². The standard InChI is InChI=1S/C10H21BCl/c1-9(2,7-11-5)6-10(3,4)8-12/h6-8H2,1-5H3. The van der Waals surface area contributed by atoms with Crippen LogP contribution in [0.2, 0.25) is 13.1 Å². The molecule has 0 bridgehead atoms. The molecule has 0 rings (SSSR count). The zero-order valence-corrected chi connectivity index (χ0v) is 9.83. The van der Waals surface area contributed by atoms with E-state index in [0.29, 0.717) is 5.41 Å². The van der Waals surface area contributed by atoms with Crippen LogP contribution in [-0.2, 0) is 0 Å². The summed E-state index contributed by atoms with van der Waals surface area (Å²) in [4.78, 5) is 0. The zero-order valence-electron chi connectivity index (χ0n) is 9.08. The lowest BCUT2D eigenvalue weighted by Gasteiger charge is -2.33. The fourth-order valence-corrected chi connectivity index (χ4v) is 2.06. The maximum absolute atomic E-state index is 5.89. The summed E-state index contributed by atoms with van der Waals surface area (Å²) < 4.78 is 0. The summed E-state index contributed by atoms with van der Waals surface area (Å²) in [6, 6.07) is 0. The Balaban J connectivity index is 4.04. The molecule has 0 nitrogen and oxygen atoms in total. The van der Waals surface area contributed by atoms with Crippen molar-refractivity contribution in [2.45, 2.75) is 47.3 Å². The van der Waals surface area contributed by atoms with Crippen molar-refractivity contribution in [3.8, 4) is 0 Å². The molecule has 0 aliphatic heterocycles. The van der Waals surface area contributed by atoms with E-state index in [4.69, 9.17) is 11.6 Å². The molecule has 12 heavy (non-hydrogen) atoms. The average molecular weight is 188 g/mol. The van der Waals surface area contributed by atoms with Crippen molar-refractivity contribution in [3.63, 3.8) is 0 Å². The van der Waals surface area contributed by atoms with Crippen LogP contribution in [-0.4, -0.2) is 13.2 Å². The molecule has 0 N–H and O–H groups in total. The largest absolute Gasteiger partial charge is 0.126 e. The molecule has 0 spiro atoms. The van der Waals surface area contributed by atoms with Gasteiger partial charge in [-0.25, -0.2) is 0 Å². The summed E-state index contributed by atoms with van der Waals surface area (Å²) in [5, 5.41) is 0. The lowest BCUT2D eigenvalue weighted by atomic mass is 9.62. The Labute approximate surface area is 83.3 Å². The van der Waals surface area contributed by atoms with E-state index in [9.17, 15) is 0 Å². The number of alkyl halides is 1. The predicted molar refractivity (Wildman–Crippen MR) is 59.3 cm³/mol. The highest BCUT2D eigenvalue weighted by Crippen LogP contribution is 2.36. The molecule has 0 unspecified atom stereocenters. The van der Waals surface area contributed by atoms with E-state index in [0.717, 1.165) is 5.88 Å². The Kier molecular flexibility index (Phi) is 4.69. The summed E-state index contributed by atoms with van der Waals surface area (Å²) in [6.45, 7) is 11.2. The number of rotatable bonds is 5. The van der Waals surface area contributed by atoms with Crippen molar-refractivity contribution in [1.29, 1.82) is 0 Å². The van der Waals surface area contributed by atoms with E-state index in [1.165, 1.54) is 12.7 Å². The van der Waals surface area contributed by atoms with Crippen LogP contribution in [0.4, 0.5) is 0 Å². The SMILES string of the molecule is C[B]CC(C)(C)CC(C)(C)CCl. The first-order valence-electron chi connectivity index (χ1n) is 4.67. The third kappa shape index (κ3) is 5.08. The van der Waals surface area contributed by atoms with Gasteiger partial charge in [-0.15, -0.1) is 11.6 Å². The van der Waals surface area contributed by atoms with Gasteiger partial charge >= 0.3 is 0 Å². The molecule has 0 aromatic rings. The maximum atomic E-state index is 5.89. The van der Waals surface area contributed by atoms with Crippen molar-refractivity contribution < 1.29 is 0 Å². The summed E-state index contributed by atoms with van der Waals surface area (Å²) in [7, 11) is 2.24. The first kappa shape index (κ1) is 12.4. The highest BCUT2D eigenvalue weighted by Gasteiger charge is 2.27. The average Bonchev–Trinajstić information content (AvgIpc) is 1.85. The minimum Gasteiger partial charge on any atom is -0.126 e. The van der Waals surface area contributed by atoms with Gasteiger partial charge in [-0.2, -0.15) is 0 Å². The summed E-state index contributed by atoms with van der Waals surface area (Å²) in [5.41, 5.74) is 0.668. The van der Waals surface area contributed by atoms with E-state index >= 15 is 0 Å². The maximum Gasteiger partial charge on any atom is 0.106 e. The number of halogens is 1. The topological polar surface area (TPSA) is 0 Å². The van der Waals surface area contributed by atoms with Crippen LogP contribution >= 0.6 is 11.6 Å². The van der Waals surface area contributed by atoms with Gasteiger partial charge in [0.2, 0.25) is 0 Å². The fourth-order valence-electron chi connectivity index (χ4n) is 1.97. The van der Waals surface area contributed by atoms with E-state index in [2.05, 4.69) is 41.8 Å². The first-order valence-corrected chi connectivity index (χ1v) is 5.20. The summed E-state index contributed by atoms with van der Waals surface area (Å²) in [6.07, 6.45) is 2.36. The molecule has 0 saturated carbocycles. The molecule has 0 aromatic heterocycles. The van der Waals surface area contributed by atoms with Gasteiger partial charge in [0.1, 0.15) is 7.28 Å². The second-order valence-corrected chi connectivity index (χ2v) is 5.52. The van der Waals surface area contributed by atoms with Crippen LogP contribution in [0, 0.1) is 10.8 Å². The number of hydrogen-bond acceptors (Lipinski definition) is 0. The molecule has 0 amide bonds. The van der Waals surface area contributed by atoms with Gasteiger partial charge in [0, 0.05) is 5.88 Å². The van der Waals surface area contributed by atoms with Gasteiger partial charge < -0.3 is 0 Å². The molecular weight excluding hydrogens is 166 g/mol. The molecule has 0 aromatic carbocycles. The van der Waals surface area contributed by atoms with Crippen LogP contribution in [0.15, 0.2) is 0 Å². The van der Waals surface area contributed by atoms with Crippen molar-refractivity contribution in [1.82, 2.24) is 0 Å². The highest BCUT2D eigenvalue weighted by atomic mass is 35.5. The lowest BCUT2D eigenvalue weighted by molar-refractivity contribution is 0.237. The predicted octanol–water partition coefficient (Wildman–Crippen LogP) is 3.84. The van der Waals surface area contributed by atoms with Gasteiger partial charge in [0.15, 0.2) is 0 Å². The van der Waals surface area contributed by atoms with Crippen molar-refractivity contribution >= 4 is 18.9 Å². The van der Waals surface area contributed by atoms with Crippen molar-refractivity contribution in [3.05, 3.63) is 0 Å². The zero-order chi connectivity index (χ0) is 9.83. The Morgan fingerprint density at radius 1 is 1.08 bits per heavy atom. The monoisotopic (exact) mass is 187 g/mol. The van der Waals surface area contributed by atoms with Crippen molar-refractivity contribution in [2.75, 3.05) is 5.88 Å². The quantitative estimate of drug-likeness (QED) is 0.453. The molecule has 0 aliphatic rings. The van der Waals surface area contributed by atoms with E-state index in [1.54, 1.807) is 0 Å². The van der Waals surface area contributed by atoms with E-state index in [-0.39, 0.29) is 5.41 Å². The Morgan fingerprint density at radius 2 is 1.58 bits per heavy atom. The Morgan fingerprint density at radius 3 is 1.92 bits per heavy atom. The minimum atomic E-state index is 0.272. The van der Waals surface area contributed by atoms with Crippen LogP contribution in [0.3, 0.4) is 0 Å². The normalized spacial score (nSPS) is 13.2. The van der Waals surface area contributed by atoms with Crippen LogP contribution in [0.25, 0.3) is 0 Å². The summed E-state index contributed by atoms with van der Waals surface area (Å²) in [5.74, 6) is 0.750. The molecule has 0 fully saturated rings. The molecular formula is C10H21BCl. The number of hydrogen-bond donors (Lipinski definition) is 0. The lowest BCUT2D eigenvalue weighted by Crippen LogP contribution is -2.25. The van der Waals surface area contributed by atoms with Crippen molar-refractivity contribution in [2.24, 2.45) is 10.8 Å². The van der Waals surface area contributed by atoms with Crippen LogP contribution in [0.5, 0.6) is 0 Å². The molecule has 0 atom stereocenters. The molecule has 0 heterocycles. The Hall–Kier alpha value is 0.355. The van der Waals surface area contributed by atoms with Gasteiger partial charge in [-0.1, -0.05) is 40.8 Å². The smallest absolute Gasteiger partial charge is 0.106 e. The van der Waals surface area contributed by atoms with Gasteiger partial charge in [0.25, 0.3) is 0 Å². The van der Waals surface area contributed by atoms with Crippen LogP contribution in [0.1, 0.15) is 34.1 Å². The third-order valence-electron chi connectivity index (χ3n) is 2.08. The second kappa shape index (κ2) is 4.55. The fraction of sp³-hybridized carbons (Fsp3) is 1.00. The Bertz CT molecular complexity index is 130. The van der Waals surface area contributed by atoms with Gasteiger partial charge in [0.05, 0.1) is 0 Å². The first-order chi connectivity index (χ1) is 5.33. The second-order valence-electron chi connectivity index (χ2n) is 5.25. The molecule has 2 heteroatoms.